The molecule has 1 unspecified atom stereocenters. The van der Waals surface area contributed by atoms with Crippen molar-refractivity contribution in [1.82, 2.24) is 4.98 Å². The van der Waals surface area contributed by atoms with Gasteiger partial charge >= 0.3 is 0 Å². The predicted molar refractivity (Wildman–Crippen MR) is 61.3 cm³/mol. The Hall–Kier alpha value is -0.680. The van der Waals surface area contributed by atoms with Crippen LogP contribution in [0.3, 0.4) is 0 Å². The molecule has 1 aliphatic rings. The van der Waals surface area contributed by atoms with E-state index in [1.165, 1.54) is 6.07 Å². The summed E-state index contributed by atoms with van der Waals surface area (Å²) in [4.78, 5) is 6.07. The van der Waals surface area contributed by atoms with E-state index in [0.717, 1.165) is 19.4 Å². The molecule has 0 amide bonds. The zero-order valence-corrected chi connectivity index (χ0v) is 9.87. The monoisotopic (exact) mass is 273 g/mol. The minimum Gasteiger partial charge on any atom is -0.350 e. The van der Waals surface area contributed by atoms with Gasteiger partial charge in [0.25, 0.3) is 0 Å². The smallest absolute Gasteiger partial charge is 0.166 e. The molecule has 1 aliphatic heterocycles. The van der Waals surface area contributed by atoms with Crippen molar-refractivity contribution in [3.8, 4) is 0 Å². The maximum atomic E-state index is 13.6. The molecule has 1 aromatic rings. The largest absolute Gasteiger partial charge is 0.350 e. The number of pyridine rings is 1. The average Bonchev–Trinajstić information content (AvgIpc) is 2.65. The Balaban J connectivity index is 2.28. The first kappa shape index (κ1) is 10.8. The second-order valence-electron chi connectivity index (χ2n) is 3.68. The fraction of sp³-hybridized carbons (Fsp3) is 0.500. The van der Waals surface area contributed by atoms with Gasteiger partial charge in [0.1, 0.15) is 0 Å². The molecule has 0 aliphatic carbocycles. The first-order valence-electron chi connectivity index (χ1n) is 5.00. The first-order valence-corrected chi connectivity index (χ1v) is 5.79. The van der Waals surface area contributed by atoms with Crippen molar-refractivity contribution < 1.29 is 4.39 Å². The van der Waals surface area contributed by atoms with Gasteiger partial charge in [0.05, 0.1) is 0 Å². The van der Waals surface area contributed by atoms with Crippen LogP contribution in [0.15, 0.2) is 16.7 Å². The van der Waals surface area contributed by atoms with Crippen molar-refractivity contribution in [2.75, 3.05) is 18.0 Å². The van der Waals surface area contributed by atoms with Gasteiger partial charge in [-0.2, -0.15) is 0 Å². The maximum absolute atomic E-state index is 13.6. The molecular weight excluding hydrogens is 261 g/mol. The summed E-state index contributed by atoms with van der Waals surface area (Å²) < 4.78 is 14.3. The topological polar surface area (TPSA) is 42.1 Å². The van der Waals surface area contributed by atoms with E-state index in [1.54, 1.807) is 6.20 Å². The lowest BCUT2D eigenvalue weighted by Gasteiger charge is -2.24. The SMILES string of the molecule is NCC1CCCN1c1ncc(Br)cc1F. The quantitative estimate of drug-likeness (QED) is 0.895. The summed E-state index contributed by atoms with van der Waals surface area (Å²) in [5, 5.41) is 0. The Morgan fingerprint density at radius 2 is 2.47 bits per heavy atom. The van der Waals surface area contributed by atoms with Crippen LogP contribution < -0.4 is 10.6 Å². The van der Waals surface area contributed by atoms with Gasteiger partial charge in [0.15, 0.2) is 11.6 Å². The lowest BCUT2D eigenvalue weighted by molar-refractivity contribution is 0.596. The molecule has 1 fully saturated rings. The lowest BCUT2D eigenvalue weighted by atomic mass is 10.2. The third kappa shape index (κ3) is 2.13. The Kier molecular flexibility index (Phi) is 3.21. The van der Waals surface area contributed by atoms with Crippen LogP contribution in [0.25, 0.3) is 0 Å². The lowest BCUT2D eigenvalue weighted by Crippen LogP contribution is -2.36. The molecule has 2 rings (SSSR count). The number of hydrogen-bond donors (Lipinski definition) is 1. The molecule has 82 valence electrons. The molecule has 2 heterocycles. The zero-order valence-electron chi connectivity index (χ0n) is 8.29. The van der Waals surface area contributed by atoms with E-state index >= 15 is 0 Å². The first-order chi connectivity index (χ1) is 7.22. The normalized spacial score (nSPS) is 21.0. The number of nitrogens with zero attached hydrogens (tertiary/aromatic N) is 2. The van der Waals surface area contributed by atoms with Crippen molar-refractivity contribution in [2.24, 2.45) is 5.73 Å². The molecule has 0 spiro atoms. The molecule has 2 N–H and O–H groups in total. The Morgan fingerprint density at radius 3 is 3.13 bits per heavy atom. The summed E-state index contributed by atoms with van der Waals surface area (Å²) in [5.74, 6) is 0.135. The summed E-state index contributed by atoms with van der Waals surface area (Å²) in [6.45, 7) is 1.39. The van der Waals surface area contributed by atoms with Gasteiger partial charge in [-0.1, -0.05) is 0 Å². The predicted octanol–water partition coefficient (Wildman–Crippen LogP) is 1.91. The summed E-state index contributed by atoms with van der Waals surface area (Å²) >= 11 is 3.19. The van der Waals surface area contributed by atoms with Crippen LogP contribution in [0.2, 0.25) is 0 Å². The Morgan fingerprint density at radius 1 is 1.67 bits per heavy atom. The van der Waals surface area contributed by atoms with Gasteiger partial charge in [-0.25, -0.2) is 9.37 Å². The van der Waals surface area contributed by atoms with Crippen molar-refractivity contribution in [1.29, 1.82) is 0 Å². The highest BCUT2D eigenvalue weighted by molar-refractivity contribution is 9.10. The van der Waals surface area contributed by atoms with Crippen LogP contribution in [0.1, 0.15) is 12.8 Å². The number of aromatic nitrogens is 1. The van der Waals surface area contributed by atoms with Crippen molar-refractivity contribution in [3.63, 3.8) is 0 Å². The second-order valence-corrected chi connectivity index (χ2v) is 4.60. The van der Waals surface area contributed by atoms with Crippen molar-refractivity contribution in [2.45, 2.75) is 18.9 Å². The molecular formula is C10H13BrFN3. The number of anilines is 1. The summed E-state index contributed by atoms with van der Waals surface area (Å²) in [7, 11) is 0. The van der Waals surface area contributed by atoms with Crippen LogP contribution in [-0.2, 0) is 0 Å². The van der Waals surface area contributed by atoms with Crippen molar-refractivity contribution >= 4 is 21.7 Å². The molecule has 0 aromatic carbocycles. The third-order valence-corrected chi connectivity index (χ3v) is 3.14. The van der Waals surface area contributed by atoms with Crippen LogP contribution in [-0.4, -0.2) is 24.1 Å². The molecule has 0 bridgehead atoms. The number of hydrogen-bond acceptors (Lipinski definition) is 3. The van der Waals surface area contributed by atoms with Crippen LogP contribution in [0, 0.1) is 5.82 Å². The maximum Gasteiger partial charge on any atom is 0.166 e. The summed E-state index contributed by atoms with van der Waals surface area (Å²) in [6.07, 6.45) is 3.69. The van der Waals surface area contributed by atoms with E-state index in [-0.39, 0.29) is 11.9 Å². The molecule has 1 saturated heterocycles. The van der Waals surface area contributed by atoms with Crippen LogP contribution >= 0.6 is 15.9 Å². The second kappa shape index (κ2) is 4.45. The van der Waals surface area contributed by atoms with Crippen LogP contribution in [0.5, 0.6) is 0 Å². The molecule has 0 radical (unpaired) electrons. The van der Waals surface area contributed by atoms with Crippen LogP contribution in [0.4, 0.5) is 10.2 Å². The van der Waals surface area contributed by atoms with E-state index in [4.69, 9.17) is 5.73 Å². The van der Waals surface area contributed by atoms with Gasteiger partial charge in [-0.15, -0.1) is 0 Å². The van der Waals surface area contributed by atoms with E-state index in [0.29, 0.717) is 16.8 Å². The molecule has 1 aromatic heterocycles. The van der Waals surface area contributed by atoms with Crippen molar-refractivity contribution in [3.05, 3.63) is 22.6 Å². The van der Waals surface area contributed by atoms with Gasteiger partial charge in [-0.05, 0) is 34.8 Å². The summed E-state index contributed by atoms with van der Waals surface area (Å²) in [5.41, 5.74) is 5.64. The number of halogens is 2. The highest BCUT2D eigenvalue weighted by Gasteiger charge is 2.26. The minimum atomic E-state index is -0.287. The highest BCUT2D eigenvalue weighted by atomic mass is 79.9. The Labute approximate surface area is 96.6 Å². The molecule has 1 atom stereocenters. The molecule has 0 saturated carbocycles. The molecule has 5 heteroatoms. The van der Waals surface area contributed by atoms with Gasteiger partial charge in [0.2, 0.25) is 0 Å². The standard InChI is InChI=1S/C10H13BrFN3/c11-7-4-9(12)10(14-6-7)15-3-1-2-8(15)5-13/h4,6,8H,1-3,5,13H2. The zero-order chi connectivity index (χ0) is 10.8. The van der Waals surface area contributed by atoms with E-state index in [2.05, 4.69) is 20.9 Å². The fourth-order valence-corrected chi connectivity index (χ4v) is 2.28. The number of nitrogens with two attached hydrogens (primary N) is 1. The highest BCUT2D eigenvalue weighted by Crippen LogP contribution is 2.26. The van der Waals surface area contributed by atoms with Gasteiger partial charge in [0, 0.05) is 29.8 Å². The van der Waals surface area contributed by atoms with E-state index in [1.807, 2.05) is 4.90 Å². The van der Waals surface area contributed by atoms with Gasteiger partial charge in [-0.3, -0.25) is 0 Å². The number of rotatable bonds is 2. The van der Waals surface area contributed by atoms with E-state index < -0.39 is 0 Å². The Bertz CT molecular complexity index is 359. The van der Waals surface area contributed by atoms with E-state index in [9.17, 15) is 4.39 Å². The van der Waals surface area contributed by atoms with Gasteiger partial charge < -0.3 is 10.6 Å². The third-order valence-electron chi connectivity index (χ3n) is 2.71. The average molecular weight is 274 g/mol. The minimum absolute atomic E-state index is 0.230. The fourth-order valence-electron chi connectivity index (χ4n) is 1.98. The molecule has 3 nitrogen and oxygen atoms in total. The molecule has 15 heavy (non-hydrogen) atoms. The summed E-state index contributed by atoms with van der Waals surface area (Å²) in [6, 6.07) is 1.67.